The minimum absolute atomic E-state index is 0.305. The van der Waals surface area contributed by atoms with E-state index in [1.807, 2.05) is 37.3 Å². The summed E-state index contributed by atoms with van der Waals surface area (Å²) in [5, 5.41) is 17.6. The molecule has 1 N–H and O–H groups in total. The maximum Gasteiger partial charge on any atom is 0.411 e. The van der Waals surface area contributed by atoms with E-state index in [9.17, 15) is 10.1 Å². The van der Waals surface area contributed by atoms with Crippen molar-refractivity contribution in [3.05, 3.63) is 60.7 Å². The predicted octanol–water partition coefficient (Wildman–Crippen LogP) is 4.83. The number of benzene rings is 2. The van der Waals surface area contributed by atoms with Crippen LogP contribution < -0.4 is 10.1 Å². The maximum atomic E-state index is 11.7. The molecule has 0 aliphatic carbocycles. The second-order valence-electron chi connectivity index (χ2n) is 7.54. The molecule has 0 saturated carbocycles. The molecule has 0 aliphatic heterocycles. The first-order valence-corrected chi connectivity index (χ1v) is 11.2. The number of anilines is 1. The number of carbonyl (C=O) groups excluding carboxylic acids is 1. The molecule has 4 aromatic rings. The molecule has 9 heteroatoms. The summed E-state index contributed by atoms with van der Waals surface area (Å²) in [5.74, 6) is 0.753. The zero-order chi connectivity index (χ0) is 23.9. The highest BCUT2D eigenvalue weighted by Gasteiger charge is 2.18. The van der Waals surface area contributed by atoms with Gasteiger partial charge in [-0.15, -0.1) is 0 Å². The zero-order valence-electron chi connectivity index (χ0n) is 19.2. The molecule has 0 fully saturated rings. The van der Waals surface area contributed by atoms with Crippen molar-refractivity contribution in [3.63, 3.8) is 0 Å². The van der Waals surface area contributed by atoms with E-state index in [1.165, 1.54) is 6.33 Å². The van der Waals surface area contributed by atoms with E-state index < -0.39 is 6.09 Å². The number of aromatic nitrogens is 4. The van der Waals surface area contributed by atoms with Crippen LogP contribution in [0.15, 0.2) is 55.1 Å². The Labute approximate surface area is 197 Å². The Balaban J connectivity index is 1.58. The fraction of sp³-hybridized carbons (Fsp3) is 0.280. The smallest absolute Gasteiger partial charge is 0.411 e. The molecule has 0 bridgehead atoms. The lowest BCUT2D eigenvalue weighted by Crippen LogP contribution is -2.13. The number of ether oxygens (including phenoxy) is 2. The highest BCUT2D eigenvalue weighted by atomic mass is 16.5. The lowest BCUT2D eigenvalue weighted by Gasteiger charge is -2.11. The van der Waals surface area contributed by atoms with Crippen LogP contribution in [-0.2, 0) is 17.8 Å². The van der Waals surface area contributed by atoms with Crippen molar-refractivity contribution in [1.29, 1.82) is 5.26 Å². The number of carbonyl (C=O) groups is 1. The van der Waals surface area contributed by atoms with E-state index in [0.29, 0.717) is 31.0 Å². The Hall–Kier alpha value is -4.32. The Morgan fingerprint density at radius 1 is 1.18 bits per heavy atom. The van der Waals surface area contributed by atoms with Crippen molar-refractivity contribution in [2.24, 2.45) is 0 Å². The number of fused-ring (bicyclic) bond motifs is 1. The van der Waals surface area contributed by atoms with Crippen molar-refractivity contribution < 1.29 is 14.3 Å². The van der Waals surface area contributed by atoms with Gasteiger partial charge in [-0.1, -0.05) is 12.1 Å². The molecule has 4 rings (SSSR count). The lowest BCUT2D eigenvalue weighted by atomic mass is 10.1. The normalized spacial score (nSPS) is 10.7. The second kappa shape index (κ2) is 10.5. The van der Waals surface area contributed by atoms with Crippen LogP contribution in [0.3, 0.4) is 0 Å². The third kappa shape index (κ3) is 4.86. The third-order valence-corrected chi connectivity index (χ3v) is 5.41. The molecule has 9 nitrogen and oxygen atoms in total. The molecule has 0 atom stereocenters. The van der Waals surface area contributed by atoms with Crippen LogP contribution in [0.2, 0.25) is 0 Å². The summed E-state index contributed by atoms with van der Waals surface area (Å²) in [6.45, 7) is 6.08. The summed E-state index contributed by atoms with van der Waals surface area (Å²) in [5.41, 5.74) is 3.91. The van der Waals surface area contributed by atoms with Crippen LogP contribution in [0, 0.1) is 11.3 Å². The first kappa shape index (κ1) is 22.9. The zero-order valence-corrected chi connectivity index (χ0v) is 19.2. The van der Waals surface area contributed by atoms with E-state index in [4.69, 9.17) is 9.47 Å². The van der Waals surface area contributed by atoms with Crippen LogP contribution in [0.25, 0.3) is 22.2 Å². The van der Waals surface area contributed by atoms with Crippen LogP contribution >= 0.6 is 0 Å². The summed E-state index contributed by atoms with van der Waals surface area (Å²) in [6.07, 6.45) is 3.51. The molecule has 34 heavy (non-hydrogen) atoms. The number of aryl methyl sites for hydroxylation is 2. The largest absolute Gasteiger partial charge is 0.493 e. The van der Waals surface area contributed by atoms with Gasteiger partial charge in [-0.25, -0.2) is 9.78 Å². The molecule has 1 amide bonds. The minimum Gasteiger partial charge on any atom is -0.493 e. The molecule has 0 radical (unpaired) electrons. The summed E-state index contributed by atoms with van der Waals surface area (Å²) in [6, 6.07) is 15.6. The minimum atomic E-state index is -0.496. The molecule has 0 aliphatic rings. The van der Waals surface area contributed by atoms with Gasteiger partial charge in [0.25, 0.3) is 0 Å². The molecule has 2 aromatic carbocycles. The first-order chi connectivity index (χ1) is 16.6. The lowest BCUT2D eigenvalue weighted by molar-refractivity contribution is 0.168. The van der Waals surface area contributed by atoms with E-state index >= 15 is 0 Å². The summed E-state index contributed by atoms with van der Waals surface area (Å²) < 4.78 is 14.8. The number of rotatable bonds is 9. The van der Waals surface area contributed by atoms with Crippen LogP contribution in [-0.4, -0.2) is 38.6 Å². The fourth-order valence-corrected chi connectivity index (χ4v) is 3.92. The molecular formula is C25H26N6O3. The van der Waals surface area contributed by atoms with Gasteiger partial charge in [-0.05, 0) is 43.7 Å². The van der Waals surface area contributed by atoms with Gasteiger partial charge in [0.2, 0.25) is 0 Å². The Morgan fingerprint density at radius 2 is 2.00 bits per heavy atom. The van der Waals surface area contributed by atoms with Crippen LogP contribution in [0.5, 0.6) is 5.75 Å². The van der Waals surface area contributed by atoms with Gasteiger partial charge >= 0.3 is 6.09 Å². The van der Waals surface area contributed by atoms with Crippen LogP contribution in [0.4, 0.5) is 10.5 Å². The van der Waals surface area contributed by atoms with Crippen molar-refractivity contribution in [2.75, 3.05) is 18.5 Å². The maximum absolute atomic E-state index is 11.7. The number of nitrogens with zero attached hydrogens (tertiary/aromatic N) is 5. The number of hydrogen-bond acceptors (Lipinski definition) is 6. The first-order valence-electron chi connectivity index (χ1n) is 11.2. The molecule has 2 aromatic heterocycles. The fourth-order valence-electron chi connectivity index (χ4n) is 3.92. The Bertz CT molecular complexity index is 1300. The predicted molar refractivity (Wildman–Crippen MR) is 129 cm³/mol. The molecule has 2 heterocycles. The molecule has 0 unspecified atom stereocenters. The molecular weight excluding hydrogens is 432 g/mol. The number of hydrogen-bond donors (Lipinski definition) is 1. The average molecular weight is 459 g/mol. The number of nitriles is 1. The SMILES string of the molecule is CCOC(=O)Nc1ccc(-c2c(C#N)c3ccc(OCCCn4cncn4)cc3n2CC)cc1. The topological polar surface area (TPSA) is 107 Å². The Morgan fingerprint density at radius 3 is 2.68 bits per heavy atom. The number of amides is 1. The van der Waals surface area contributed by atoms with Gasteiger partial charge in [-0.2, -0.15) is 10.4 Å². The van der Waals surface area contributed by atoms with Gasteiger partial charge in [0, 0.05) is 36.7 Å². The van der Waals surface area contributed by atoms with E-state index in [0.717, 1.165) is 40.9 Å². The van der Waals surface area contributed by atoms with E-state index in [-0.39, 0.29) is 0 Å². The van der Waals surface area contributed by atoms with Crippen molar-refractivity contribution in [1.82, 2.24) is 19.3 Å². The third-order valence-electron chi connectivity index (χ3n) is 5.41. The molecule has 174 valence electrons. The molecule has 0 spiro atoms. The van der Waals surface area contributed by atoms with Gasteiger partial charge in [0.1, 0.15) is 24.5 Å². The van der Waals surface area contributed by atoms with Crippen LogP contribution in [0.1, 0.15) is 25.8 Å². The monoisotopic (exact) mass is 458 g/mol. The van der Waals surface area contributed by atoms with E-state index in [2.05, 4.69) is 26.0 Å². The van der Waals surface area contributed by atoms with Gasteiger partial charge < -0.3 is 14.0 Å². The van der Waals surface area contributed by atoms with Crippen molar-refractivity contribution in [2.45, 2.75) is 33.4 Å². The Kier molecular flexibility index (Phi) is 7.08. The van der Waals surface area contributed by atoms with Gasteiger partial charge in [-0.3, -0.25) is 10.00 Å². The second-order valence-corrected chi connectivity index (χ2v) is 7.54. The average Bonchev–Trinajstić information content (AvgIpc) is 3.47. The van der Waals surface area contributed by atoms with E-state index in [1.54, 1.807) is 30.1 Å². The standard InChI is InChI=1S/C25H26N6O3/c1-3-31-23-14-20(34-13-5-12-30-17-27-16-28-30)10-11-21(23)22(15-26)24(31)18-6-8-19(9-7-18)29-25(32)33-4-2/h6-11,14,16-17H,3-5,12-13H2,1-2H3,(H,29,32). The summed E-state index contributed by atoms with van der Waals surface area (Å²) in [7, 11) is 0. The highest BCUT2D eigenvalue weighted by molar-refractivity contribution is 5.95. The molecule has 0 saturated heterocycles. The van der Waals surface area contributed by atoms with Crippen molar-refractivity contribution >= 4 is 22.7 Å². The van der Waals surface area contributed by atoms with Gasteiger partial charge in [0.15, 0.2) is 0 Å². The van der Waals surface area contributed by atoms with Gasteiger partial charge in [0.05, 0.1) is 30.0 Å². The number of nitrogens with one attached hydrogen (secondary N) is 1. The summed E-state index contributed by atoms with van der Waals surface area (Å²) >= 11 is 0. The quantitative estimate of drug-likeness (QED) is 0.360. The summed E-state index contributed by atoms with van der Waals surface area (Å²) in [4.78, 5) is 15.6. The highest BCUT2D eigenvalue weighted by Crippen LogP contribution is 2.35. The van der Waals surface area contributed by atoms with Crippen molar-refractivity contribution in [3.8, 4) is 23.1 Å².